The molecule has 0 radical (unpaired) electrons. The lowest BCUT2D eigenvalue weighted by Crippen LogP contribution is -2.24. The Morgan fingerprint density at radius 2 is 1.90 bits per heavy atom. The van der Waals surface area contributed by atoms with Crippen LogP contribution in [0.15, 0.2) is 42.5 Å². The van der Waals surface area contributed by atoms with Gasteiger partial charge in [0.2, 0.25) is 0 Å². The summed E-state index contributed by atoms with van der Waals surface area (Å²) >= 11 is 6.19. The SMILES string of the molecule is CCNC(Cc1ccccc1F)c1cccc(Cl)c1C. The van der Waals surface area contributed by atoms with Gasteiger partial charge in [-0.1, -0.05) is 48.9 Å². The van der Waals surface area contributed by atoms with Crippen LogP contribution in [0.4, 0.5) is 4.39 Å². The van der Waals surface area contributed by atoms with E-state index in [0.717, 1.165) is 28.3 Å². The van der Waals surface area contributed by atoms with E-state index in [1.165, 1.54) is 6.07 Å². The van der Waals surface area contributed by atoms with Crippen molar-refractivity contribution in [3.63, 3.8) is 0 Å². The van der Waals surface area contributed by atoms with Gasteiger partial charge in [-0.3, -0.25) is 0 Å². The van der Waals surface area contributed by atoms with Crippen LogP contribution in [0.1, 0.15) is 29.7 Å². The normalized spacial score (nSPS) is 12.4. The monoisotopic (exact) mass is 291 g/mol. The molecule has 0 aromatic heterocycles. The van der Waals surface area contributed by atoms with Crippen LogP contribution in [-0.4, -0.2) is 6.54 Å². The number of rotatable bonds is 5. The number of halogens is 2. The van der Waals surface area contributed by atoms with Gasteiger partial charge in [0.1, 0.15) is 5.82 Å². The van der Waals surface area contributed by atoms with Gasteiger partial charge in [0, 0.05) is 11.1 Å². The van der Waals surface area contributed by atoms with Crippen molar-refractivity contribution in [1.29, 1.82) is 0 Å². The molecule has 1 unspecified atom stereocenters. The molecule has 0 fully saturated rings. The highest BCUT2D eigenvalue weighted by molar-refractivity contribution is 6.31. The van der Waals surface area contributed by atoms with Crippen molar-refractivity contribution in [3.8, 4) is 0 Å². The zero-order valence-corrected chi connectivity index (χ0v) is 12.5. The molecule has 0 amide bonds. The van der Waals surface area contributed by atoms with Crippen LogP contribution in [0.5, 0.6) is 0 Å². The summed E-state index contributed by atoms with van der Waals surface area (Å²) in [5.41, 5.74) is 2.90. The fourth-order valence-electron chi connectivity index (χ4n) is 2.42. The van der Waals surface area contributed by atoms with Crippen molar-refractivity contribution in [1.82, 2.24) is 5.32 Å². The highest BCUT2D eigenvalue weighted by Crippen LogP contribution is 2.27. The third-order valence-corrected chi connectivity index (χ3v) is 3.93. The van der Waals surface area contributed by atoms with Crippen molar-refractivity contribution in [2.45, 2.75) is 26.3 Å². The van der Waals surface area contributed by atoms with Crippen molar-refractivity contribution < 1.29 is 4.39 Å². The van der Waals surface area contributed by atoms with E-state index in [-0.39, 0.29) is 11.9 Å². The minimum absolute atomic E-state index is 0.0654. The van der Waals surface area contributed by atoms with Gasteiger partial charge < -0.3 is 5.32 Å². The summed E-state index contributed by atoms with van der Waals surface area (Å²) in [6.07, 6.45) is 0.613. The maximum absolute atomic E-state index is 13.8. The molecule has 0 saturated heterocycles. The molecule has 1 nitrogen and oxygen atoms in total. The van der Waals surface area contributed by atoms with E-state index in [4.69, 9.17) is 11.6 Å². The van der Waals surface area contributed by atoms with Gasteiger partial charge in [-0.05, 0) is 48.7 Å². The summed E-state index contributed by atoms with van der Waals surface area (Å²) in [5.74, 6) is -0.157. The first-order chi connectivity index (χ1) is 9.63. The third kappa shape index (κ3) is 3.38. The molecular weight excluding hydrogens is 273 g/mol. The Labute approximate surface area is 124 Å². The van der Waals surface area contributed by atoms with Gasteiger partial charge >= 0.3 is 0 Å². The Kier molecular flexibility index (Phi) is 5.16. The van der Waals surface area contributed by atoms with Crippen LogP contribution in [-0.2, 0) is 6.42 Å². The molecule has 106 valence electrons. The van der Waals surface area contributed by atoms with Gasteiger partial charge in [-0.25, -0.2) is 4.39 Å². The predicted octanol–water partition coefficient (Wildman–Crippen LogP) is 4.68. The second kappa shape index (κ2) is 6.87. The first kappa shape index (κ1) is 15.0. The largest absolute Gasteiger partial charge is 0.310 e. The summed E-state index contributed by atoms with van der Waals surface area (Å²) in [4.78, 5) is 0. The molecule has 0 aliphatic rings. The van der Waals surface area contributed by atoms with E-state index in [1.54, 1.807) is 6.07 Å². The van der Waals surface area contributed by atoms with E-state index in [1.807, 2.05) is 38.1 Å². The third-order valence-electron chi connectivity index (χ3n) is 3.52. The molecule has 1 N–H and O–H groups in total. The quantitative estimate of drug-likeness (QED) is 0.843. The lowest BCUT2D eigenvalue weighted by molar-refractivity contribution is 0.526. The molecule has 0 aliphatic carbocycles. The molecule has 1 atom stereocenters. The zero-order valence-electron chi connectivity index (χ0n) is 11.8. The Bertz CT molecular complexity index is 583. The molecular formula is C17H19ClFN. The van der Waals surface area contributed by atoms with Crippen LogP contribution in [0, 0.1) is 12.7 Å². The fourth-order valence-corrected chi connectivity index (χ4v) is 2.61. The smallest absolute Gasteiger partial charge is 0.126 e. The predicted molar refractivity (Wildman–Crippen MR) is 82.7 cm³/mol. The molecule has 20 heavy (non-hydrogen) atoms. The number of benzene rings is 2. The summed E-state index contributed by atoms with van der Waals surface area (Å²) in [6, 6.07) is 12.9. The van der Waals surface area contributed by atoms with Crippen molar-refractivity contribution in [3.05, 3.63) is 70.0 Å². The Hall–Kier alpha value is -1.38. The second-order valence-electron chi connectivity index (χ2n) is 4.86. The van der Waals surface area contributed by atoms with Gasteiger partial charge in [-0.2, -0.15) is 0 Å². The fraction of sp³-hybridized carbons (Fsp3) is 0.294. The summed E-state index contributed by atoms with van der Waals surface area (Å²) in [6.45, 7) is 4.88. The molecule has 0 bridgehead atoms. The number of likely N-dealkylation sites (N-methyl/N-ethyl adjacent to an activating group) is 1. The average molecular weight is 292 g/mol. The molecule has 2 aromatic rings. The van der Waals surface area contributed by atoms with E-state index < -0.39 is 0 Å². The highest BCUT2D eigenvalue weighted by atomic mass is 35.5. The van der Waals surface area contributed by atoms with E-state index >= 15 is 0 Å². The van der Waals surface area contributed by atoms with E-state index in [0.29, 0.717) is 6.42 Å². The summed E-state index contributed by atoms with van der Waals surface area (Å²) in [5, 5.41) is 4.17. The Balaban J connectivity index is 2.32. The molecule has 0 saturated carbocycles. The maximum atomic E-state index is 13.8. The Morgan fingerprint density at radius 1 is 1.15 bits per heavy atom. The van der Waals surface area contributed by atoms with Gasteiger partial charge in [-0.15, -0.1) is 0 Å². The van der Waals surface area contributed by atoms with Crippen LogP contribution >= 0.6 is 11.6 Å². The van der Waals surface area contributed by atoms with Gasteiger partial charge in [0.15, 0.2) is 0 Å². The maximum Gasteiger partial charge on any atom is 0.126 e. The lowest BCUT2D eigenvalue weighted by atomic mass is 9.95. The number of nitrogens with one attached hydrogen (secondary N) is 1. The van der Waals surface area contributed by atoms with Crippen LogP contribution in [0.2, 0.25) is 5.02 Å². The molecule has 0 heterocycles. The topological polar surface area (TPSA) is 12.0 Å². The molecule has 2 rings (SSSR count). The zero-order chi connectivity index (χ0) is 14.5. The van der Waals surface area contributed by atoms with Crippen LogP contribution in [0.3, 0.4) is 0 Å². The van der Waals surface area contributed by atoms with E-state index in [9.17, 15) is 4.39 Å². The second-order valence-corrected chi connectivity index (χ2v) is 5.27. The first-order valence-electron chi connectivity index (χ1n) is 6.85. The van der Waals surface area contributed by atoms with Gasteiger partial charge in [0.05, 0.1) is 0 Å². The van der Waals surface area contributed by atoms with Gasteiger partial charge in [0.25, 0.3) is 0 Å². The first-order valence-corrected chi connectivity index (χ1v) is 7.23. The van der Waals surface area contributed by atoms with Crippen LogP contribution < -0.4 is 5.32 Å². The van der Waals surface area contributed by atoms with Crippen molar-refractivity contribution >= 4 is 11.6 Å². The summed E-state index contributed by atoms with van der Waals surface area (Å²) in [7, 11) is 0. The van der Waals surface area contributed by atoms with E-state index in [2.05, 4.69) is 11.4 Å². The minimum atomic E-state index is -0.157. The van der Waals surface area contributed by atoms with Crippen LogP contribution in [0.25, 0.3) is 0 Å². The number of hydrogen-bond acceptors (Lipinski definition) is 1. The molecule has 2 aromatic carbocycles. The van der Waals surface area contributed by atoms with Crippen molar-refractivity contribution in [2.24, 2.45) is 0 Å². The number of hydrogen-bond donors (Lipinski definition) is 1. The summed E-state index contributed by atoms with van der Waals surface area (Å²) < 4.78 is 13.8. The highest BCUT2D eigenvalue weighted by Gasteiger charge is 2.16. The molecule has 0 aliphatic heterocycles. The molecule has 3 heteroatoms. The Morgan fingerprint density at radius 3 is 2.60 bits per heavy atom. The standard InChI is InChI=1S/C17H19ClFN/c1-3-20-17(11-13-7-4-5-10-16(13)19)14-8-6-9-15(18)12(14)2/h4-10,17,20H,3,11H2,1-2H3. The lowest BCUT2D eigenvalue weighted by Gasteiger charge is -2.21. The molecule has 0 spiro atoms. The minimum Gasteiger partial charge on any atom is -0.310 e. The van der Waals surface area contributed by atoms with Crippen molar-refractivity contribution in [2.75, 3.05) is 6.54 Å². The average Bonchev–Trinajstić information content (AvgIpc) is 2.44.